The first-order valence-corrected chi connectivity index (χ1v) is 5.10. The van der Waals surface area contributed by atoms with E-state index in [1.165, 1.54) is 5.56 Å². The summed E-state index contributed by atoms with van der Waals surface area (Å²) in [6.07, 6.45) is 5.25. The van der Waals surface area contributed by atoms with E-state index < -0.39 is 0 Å². The molecule has 0 aliphatic carbocycles. The molecule has 0 amide bonds. The monoisotopic (exact) mass is 199 g/mol. The molecule has 1 aromatic carbocycles. The molecule has 15 heavy (non-hydrogen) atoms. The van der Waals surface area contributed by atoms with Gasteiger partial charge in [0.2, 0.25) is 0 Å². The summed E-state index contributed by atoms with van der Waals surface area (Å²) in [7, 11) is 0. The molecule has 1 heteroatoms. The van der Waals surface area contributed by atoms with E-state index in [1.54, 1.807) is 6.20 Å². The summed E-state index contributed by atoms with van der Waals surface area (Å²) in [4.78, 5) is 4.08. The Morgan fingerprint density at radius 3 is 2.53 bits per heavy atom. The molecular formula is C14H17N. The number of hydrogen-bond acceptors (Lipinski definition) is 1. The van der Waals surface area contributed by atoms with Crippen LogP contribution in [0.1, 0.15) is 36.5 Å². The van der Waals surface area contributed by atoms with Crippen LogP contribution in [0.3, 0.4) is 0 Å². The van der Waals surface area contributed by atoms with Crippen molar-refractivity contribution in [2.75, 3.05) is 0 Å². The maximum Gasteiger partial charge on any atom is 0.0348 e. The molecule has 1 aromatic rings. The minimum absolute atomic E-state index is 0.483. The van der Waals surface area contributed by atoms with Crippen LogP contribution in [0.15, 0.2) is 42.5 Å². The number of benzene rings is 1. The maximum atomic E-state index is 4.08. The molecule has 0 saturated carbocycles. The Kier molecular flexibility index (Phi) is 4.04. The van der Waals surface area contributed by atoms with Crippen molar-refractivity contribution in [1.29, 1.82) is 0 Å². The second kappa shape index (κ2) is 5.30. The van der Waals surface area contributed by atoms with Crippen molar-refractivity contribution in [3.63, 3.8) is 0 Å². The Morgan fingerprint density at radius 1 is 1.27 bits per heavy atom. The summed E-state index contributed by atoms with van der Waals surface area (Å²) in [5, 5.41) is 0. The van der Waals surface area contributed by atoms with Gasteiger partial charge in [-0.15, -0.1) is 0 Å². The molecule has 0 atom stereocenters. The lowest BCUT2D eigenvalue weighted by Crippen LogP contribution is -1.97. The van der Waals surface area contributed by atoms with E-state index in [2.05, 4.69) is 44.1 Å². The molecule has 0 N–H and O–H groups in total. The largest absolute Gasteiger partial charge is 0.265 e. The average Bonchev–Trinajstić information content (AvgIpc) is 2.25. The lowest BCUT2D eigenvalue weighted by atomic mass is 9.94. The van der Waals surface area contributed by atoms with Crippen molar-refractivity contribution in [3.05, 3.63) is 54.2 Å². The number of aliphatic imine (C=N–C) groups is 1. The number of nitrogens with zero attached hydrogens (tertiary/aromatic N) is 1. The first-order valence-electron chi connectivity index (χ1n) is 5.10. The van der Waals surface area contributed by atoms with Crippen LogP contribution >= 0.6 is 0 Å². The highest BCUT2D eigenvalue weighted by Gasteiger charge is 2.06. The Balaban J connectivity index is 3.32. The minimum atomic E-state index is 0.483. The zero-order chi connectivity index (χ0) is 11.3. The molecule has 0 saturated heterocycles. The van der Waals surface area contributed by atoms with E-state index in [0.717, 1.165) is 11.1 Å². The van der Waals surface area contributed by atoms with Crippen molar-refractivity contribution >= 4 is 12.3 Å². The van der Waals surface area contributed by atoms with Gasteiger partial charge in [0.05, 0.1) is 0 Å². The highest BCUT2D eigenvalue weighted by Crippen LogP contribution is 2.22. The smallest absolute Gasteiger partial charge is 0.0348 e. The highest BCUT2D eigenvalue weighted by molar-refractivity contribution is 5.87. The molecule has 0 fully saturated rings. The van der Waals surface area contributed by atoms with Crippen molar-refractivity contribution < 1.29 is 0 Å². The van der Waals surface area contributed by atoms with Crippen LogP contribution in [0.5, 0.6) is 0 Å². The Labute approximate surface area is 91.9 Å². The molecule has 0 unspecified atom stereocenters. The van der Waals surface area contributed by atoms with Gasteiger partial charge in [0.25, 0.3) is 0 Å². The van der Waals surface area contributed by atoms with Gasteiger partial charge in [0, 0.05) is 18.0 Å². The lowest BCUT2D eigenvalue weighted by Gasteiger charge is -2.11. The van der Waals surface area contributed by atoms with Gasteiger partial charge in [-0.25, -0.2) is 0 Å². The van der Waals surface area contributed by atoms with Gasteiger partial charge in [-0.3, -0.25) is 4.99 Å². The summed E-state index contributed by atoms with van der Waals surface area (Å²) in [5.74, 6) is 0.483. The van der Waals surface area contributed by atoms with Gasteiger partial charge in [0.15, 0.2) is 0 Å². The summed E-state index contributed by atoms with van der Waals surface area (Å²) in [6, 6.07) is 6.23. The molecule has 0 heterocycles. The molecule has 0 bridgehead atoms. The van der Waals surface area contributed by atoms with Crippen molar-refractivity contribution in [3.8, 4) is 0 Å². The fraction of sp³-hybridized carbons (Fsp3) is 0.214. The quantitative estimate of drug-likeness (QED) is 0.649. The van der Waals surface area contributed by atoms with Crippen molar-refractivity contribution in [2.45, 2.75) is 19.8 Å². The predicted octanol–water partition coefficient (Wildman–Crippen LogP) is 4.02. The van der Waals surface area contributed by atoms with Crippen LogP contribution in [-0.4, -0.2) is 6.21 Å². The molecule has 1 nitrogen and oxygen atoms in total. The molecular weight excluding hydrogens is 182 g/mol. The summed E-state index contributed by atoms with van der Waals surface area (Å²) in [5.41, 5.74) is 3.55. The second-order valence-electron chi connectivity index (χ2n) is 3.67. The van der Waals surface area contributed by atoms with E-state index in [9.17, 15) is 0 Å². The Hall–Kier alpha value is -1.63. The van der Waals surface area contributed by atoms with E-state index in [0.29, 0.717) is 5.92 Å². The summed E-state index contributed by atoms with van der Waals surface area (Å²) in [6.45, 7) is 11.7. The van der Waals surface area contributed by atoms with Gasteiger partial charge in [0.1, 0.15) is 0 Å². The average molecular weight is 199 g/mol. The van der Waals surface area contributed by atoms with E-state index in [1.807, 2.05) is 18.4 Å². The van der Waals surface area contributed by atoms with Gasteiger partial charge in [-0.05, 0) is 17.0 Å². The summed E-state index contributed by atoms with van der Waals surface area (Å²) < 4.78 is 0. The zero-order valence-corrected chi connectivity index (χ0v) is 9.40. The van der Waals surface area contributed by atoms with Gasteiger partial charge in [-0.1, -0.05) is 51.3 Å². The van der Waals surface area contributed by atoms with Gasteiger partial charge in [-0.2, -0.15) is 0 Å². The second-order valence-corrected chi connectivity index (χ2v) is 3.67. The SMILES string of the molecule is C=C/N=C\c1c(C=C)cccc1C(C)C. The standard InChI is InChI=1S/C14H17N/c1-5-12-8-7-9-13(11(3)4)14(12)10-15-6-2/h5-11H,1-2H2,3-4H3/b15-10-. The first-order chi connectivity index (χ1) is 7.20. The third kappa shape index (κ3) is 2.66. The Bertz CT molecular complexity index is 386. The molecule has 0 aromatic heterocycles. The molecule has 78 valence electrons. The summed E-state index contributed by atoms with van der Waals surface area (Å²) >= 11 is 0. The third-order valence-corrected chi connectivity index (χ3v) is 2.32. The highest BCUT2D eigenvalue weighted by atomic mass is 14.7. The van der Waals surface area contributed by atoms with Gasteiger partial charge < -0.3 is 0 Å². The molecule has 0 radical (unpaired) electrons. The van der Waals surface area contributed by atoms with Crippen LogP contribution < -0.4 is 0 Å². The first kappa shape index (κ1) is 11.4. The Morgan fingerprint density at radius 2 is 2.00 bits per heavy atom. The lowest BCUT2D eigenvalue weighted by molar-refractivity contribution is 0.864. The predicted molar refractivity (Wildman–Crippen MR) is 68.4 cm³/mol. The third-order valence-electron chi connectivity index (χ3n) is 2.32. The van der Waals surface area contributed by atoms with Crippen LogP contribution in [-0.2, 0) is 0 Å². The van der Waals surface area contributed by atoms with Crippen LogP contribution in [0, 0.1) is 0 Å². The molecule has 1 rings (SSSR count). The van der Waals surface area contributed by atoms with Crippen LogP contribution in [0.25, 0.3) is 6.08 Å². The minimum Gasteiger partial charge on any atom is -0.265 e. The normalized spacial score (nSPS) is 10.9. The van der Waals surface area contributed by atoms with Gasteiger partial charge >= 0.3 is 0 Å². The van der Waals surface area contributed by atoms with Crippen molar-refractivity contribution in [1.82, 2.24) is 0 Å². The maximum absolute atomic E-state index is 4.08. The van der Waals surface area contributed by atoms with Crippen LogP contribution in [0.2, 0.25) is 0 Å². The van der Waals surface area contributed by atoms with E-state index in [4.69, 9.17) is 0 Å². The molecule has 0 aliphatic rings. The molecule has 0 aliphatic heterocycles. The molecule has 0 spiro atoms. The van der Waals surface area contributed by atoms with E-state index >= 15 is 0 Å². The number of rotatable bonds is 4. The topological polar surface area (TPSA) is 12.4 Å². The van der Waals surface area contributed by atoms with Crippen LogP contribution in [0.4, 0.5) is 0 Å². The fourth-order valence-electron chi connectivity index (χ4n) is 1.56. The van der Waals surface area contributed by atoms with Crippen molar-refractivity contribution in [2.24, 2.45) is 4.99 Å². The zero-order valence-electron chi connectivity index (χ0n) is 9.40. The van der Waals surface area contributed by atoms with E-state index in [-0.39, 0.29) is 0 Å². The number of hydrogen-bond donors (Lipinski definition) is 0. The fourth-order valence-corrected chi connectivity index (χ4v) is 1.56.